The highest BCUT2D eigenvalue weighted by atomic mass is 16.2. The summed E-state index contributed by atoms with van der Waals surface area (Å²) >= 11 is 0. The number of hydrogen-bond acceptors (Lipinski definition) is 4. The maximum Gasteiger partial charge on any atom is 0.320 e. The lowest BCUT2D eigenvalue weighted by molar-refractivity contribution is 0.250. The van der Waals surface area contributed by atoms with E-state index in [0.29, 0.717) is 5.82 Å². The normalized spacial score (nSPS) is 15.2. The molecule has 2 amide bonds. The Kier molecular flexibility index (Phi) is 7.03. The maximum absolute atomic E-state index is 11.7. The number of carbonyl (C=O) groups is 1. The second-order valence-corrected chi connectivity index (χ2v) is 7.26. The van der Waals surface area contributed by atoms with Crippen molar-refractivity contribution in [2.24, 2.45) is 0 Å². The van der Waals surface area contributed by atoms with Crippen LogP contribution < -0.4 is 15.5 Å². The number of anilines is 2. The first-order chi connectivity index (χ1) is 13.6. The SMILES string of the molecule is CC(C)NC(=O)Nc1ccc(N2CCN(C/C=C/c3ccccc3)CC2)cn1. The smallest absolute Gasteiger partial charge is 0.320 e. The summed E-state index contributed by atoms with van der Waals surface area (Å²) in [5.41, 5.74) is 2.33. The first-order valence-corrected chi connectivity index (χ1v) is 9.82. The number of nitrogens with zero attached hydrogens (tertiary/aromatic N) is 3. The maximum atomic E-state index is 11.7. The molecule has 0 aliphatic carbocycles. The first-order valence-electron chi connectivity index (χ1n) is 9.82. The second-order valence-electron chi connectivity index (χ2n) is 7.26. The Morgan fingerprint density at radius 1 is 1.11 bits per heavy atom. The molecule has 0 atom stereocenters. The van der Waals surface area contributed by atoms with Gasteiger partial charge in [-0.25, -0.2) is 9.78 Å². The summed E-state index contributed by atoms with van der Waals surface area (Å²) in [5, 5.41) is 5.54. The van der Waals surface area contributed by atoms with Gasteiger partial charge in [0, 0.05) is 38.8 Å². The van der Waals surface area contributed by atoms with Gasteiger partial charge in [0.25, 0.3) is 0 Å². The van der Waals surface area contributed by atoms with Crippen LogP contribution in [0.2, 0.25) is 0 Å². The predicted molar refractivity (Wildman–Crippen MR) is 116 cm³/mol. The number of rotatable bonds is 6. The summed E-state index contributed by atoms with van der Waals surface area (Å²) in [6.45, 7) is 8.81. The molecule has 2 heterocycles. The van der Waals surface area contributed by atoms with Crippen molar-refractivity contribution in [2.45, 2.75) is 19.9 Å². The first kappa shape index (κ1) is 19.9. The third kappa shape index (κ3) is 6.09. The van der Waals surface area contributed by atoms with E-state index < -0.39 is 0 Å². The molecule has 6 nitrogen and oxygen atoms in total. The molecule has 1 aliphatic rings. The Morgan fingerprint density at radius 2 is 1.86 bits per heavy atom. The van der Waals surface area contributed by atoms with Crippen LogP contribution in [0.15, 0.2) is 54.7 Å². The van der Waals surface area contributed by atoms with Gasteiger partial charge in [0.2, 0.25) is 0 Å². The molecule has 0 bridgehead atoms. The van der Waals surface area contributed by atoms with E-state index in [1.54, 1.807) is 0 Å². The van der Waals surface area contributed by atoms with Gasteiger partial charge in [-0.2, -0.15) is 0 Å². The van der Waals surface area contributed by atoms with E-state index >= 15 is 0 Å². The predicted octanol–water partition coefficient (Wildman–Crippen LogP) is 3.45. The molecule has 2 N–H and O–H groups in total. The number of pyridine rings is 1. The van der Waals surface area contributed by atoms with Gasteiger partial charge in [-0.15, -0.1) is 0 Å². The lowest BCUT2D eigenvalue weighted by Crippen LogP contribution is -2.46. The molecule has 2 aromatic rings. The van der Waals surface area contributed by atoms with Crippen molar-refractivity contribution in [3.8, 4) is 0 Å². The van der Waals surface area contributed by atoms with Gasteiger partial charge >= 0.3 is 6.03 Å². The van der Waals surface area contributed by atoms with E-state index in [2.05, 4.69) is 61.8 Å². The Morgan fingerprint density at radius 3 is 2.50 bits per heavy atom. The van der Waals surface area contributed by atoms with Gasteiger partial charge in [0.05, 0.1) is 11.9 Å². The van der Waals surface area contributed by atoms with E-state index in [0.717, 1.165) is 38.4 Å². The zero-order valence-electron chi connectivity index (χ0n) is 16.6. The second kappa shape index (κ2) is 9.90. The van der Waals surface area contributed by atoms with Gasteiger partial charge in [-0.3, -0.25) is 10.2 Å². The standard InChI is InChI=1S/C22H29N5O/c1-18(2)24-22(28)25-21-11-10-20(17-23-21)27-15-13-26(14-16-27)12-6-9-19-7-4-3-5-8-19/h3-11,17-18H,12-16H2,1-2H3,(H2,23,24,25,28)/b9-6+. The van der Waals surface area contributed by atoms with Crippen LogP contribution in [0.25, 0.3) is 6.08 Å². The van der Waals surface area contributed by atoms with E-state index in [-0.39, 0.29) is 12.1 Å². The van der Waals surface area contributed by atoms with Crippen LogP contribution >= 0.6 is 0 Å². The highest BCUT2D eigenvalue weighted by Crippen LogP contribution is 2.17. The van der Waals surface area contributed by atoms with Gasteiger partial charge in [0.15, 0.2) is 0 Å². The number of piperazine rings is 1. The van der Waals surface area contributed by atoms with Gasteiger partial charge < -0.3 is 10.2 Å². The Labute approximate surface area is 167 Å². The minimum Gasteiger partial charge on any atom is -0.368 e. The van der Waals surface area contributed by atoms with E-state index in [9.17, 15) is 4.79 Å². The molecular formula is C22H29N5O. The fraction of sp³-hybridized carbons (Fsp3) is 0.364. The molecule has 1 aromatic heterocycles. The molecule has 148 valence electrons. The van der Waals surface area contributed by atoms with Crippen molar-refractivity contribution in [3.63, 3.8) is 0 Å². The van der Waals surface area contributed by atoms with Crippen LogP contribution in [0.5, 0.6) is 0 Å². The van der Waals surface area contributed by atoms with Crippen molar-refractivity contribution >= 4 is 23.6 Å². The third-order valence-electron chi connectivity index (χ3n) is 4.62. The monoisotopic (exact) mass is 379 g/mol. The summed E-state index contributed by atoms with van der Waals surface area (Å²) in [5.74, 6) is 0.562. The van der Waals surface area contributed by atoms with Crippen LogP contribution in [-0.4, -0.2) is 54.7 Å². The number of carbonyl (C=O) groups excluding carboxylic acids is 1. The Balaban J connectivity index is 1.44. The van der Waals surface area contributed by atoms with Crippen molar-refractivity contribution in [2.75, 3.05) is 42.9 Å². The van der Waals surface area contributed by atoms with Gasteiger partial charge in [-0.05, 0) is 31.5 Å². The lowest BCUT2D eigenvalue weighted by atomic mass is 10.2. The van der Waals surface area contributed by atoms with Crippen LogP contribution in [0, 0.1) is 0 Å². The van der Waals surface area contributed by atoms with E-state index in [1.807, 2.05) is 38.2 Å². The van der Waals surface area contributed by atoms with E-state index in [4.69, 9.17) is 0 Å². The van der Waals surface area contributed by atoms with Crippen molar-refractivity contribution in [1.29, 1.82) is 0 Å². The summed E-state index contributed by atoms with van der Waals surface area (Å²) in [6.07, 6.45) is 6.24. The number of urea groups is 1. The lowest BCUT2D eigenvalue weighted by Gasteiger charge is -2.35. The molecule has 3 rings (SSSR count). The minimum atomic E-state index is -0.229. The van der Waals surface area contributed by atoms with Crippen LogP contribution in [0.1, 0.15) is 19.4 Å². The number of benzene rings is 1. The third-order valence-corrected chi connectivity index (χ3v) is 4.62. The molecule has 0 saturated carbocycles. The molecule has 28 heavy (non-hydrogen) atoms. The molecule has 1 aromatic carbocycles. The highest BCUT2D eigenvalue weighted by Gasteiger charge is 2.16. The average molecular weight is 380 g/mol. The topological polar surface area (TPSA) is 60.5 Å². The Bertz CT molecular complexity index is 765. The molecule has 0 radical (unpaired) electrons. The van der Waals surface area contributed by atoms with Crippen LogP contribution in [0.3, 0.4) is 0 Å². The molecule has 1 fully saturated rings. The Hall–Kier alpha value is -2.86. The van der Waals surface area contributed by atoms with E-state index in [1.165, 1.54) is 5.56 Å². The molecule has 6 heteroatoms. The van der Waals surface area contributed by atoms with Crippen LogP contribution in [-0.2, 0) is 0 Å². The summed E-state index contributed by atoms with van der Waals surface area (Å²) in [7, 11) is 0. The number of aromatic nitrogens is 1. The quantitative estimate of drug-likeness (QED) is 0.807. The van der Waals surface area contributed by atoms with Crippen molar-refractivity contribution in [1.82, 2.24) is 15.2 Å². The zero-order chi connectivity index (χ0) is 19.8. The summed E-state index contributed by atoms with van der Waals surface area (Å²) in [4.78, 5) is 20.9. The fourth-order valence-electron chi connectivity index (χ4n) is 3.15. The van der Waals surface area contributed by atoms with Gasteiger partial charge in [-0.1, -0.05) is 42.5 Å². The molecule has 0 unspecified atom stereocenters. The van der Waals surface area contributed by atoms with Crippen molar-refractivity contribution in [3.05, 3.63) is 60.3 Å². The minimum absolute atomic E-state index is 0.0955. The summed E-state index contributed by atoms with van der Waals surface area (Å²) in [6, 6.07) is 14.1. The highest BCUT2D eigenvalue weighted by molar-refractivity contribution is 5.88. The molecular weight excluding hydrogens is 350 g/mol. The number of hydrogen-bond donors (Lipinski definition) is 2. The van der Waals surface area contributed by atoms with Crippen LogP contribution in [0.4, 0.5) is 16.3 Å². The molecule has 1 aliphatic heterocycles. The largest absolute Gasteiger partial charge is 0.368 e. The summed E-state index contributed by atoms with van der Waals surface area (Å²) < 4.78 is 0. The molecule has 1 saturated heterocycles. The zero-order valence-corrected chi connectivity index (χ0v) is 16.6. The van der Waals surface area contributed by atoms with Gasteiger partial charge in [0.1, 0.15) is 5.82 Å². The number of amides is 2. The van der Waals surface area contributed by atoms with Crippen molar-refractivity contribution < 1.29 is 4.79 Å². The average Bonchev–Trinajstić information content (AvgIpc) is 2.69. The fourth-order valence-corrected chi connectivity index (χ4v) is 3.15. The molecule has 0 spiro atoms. The number of nitrogens with one attached hydrogen (secondary N) is 2.